The first kappa shape index (κ1) is 18.5. The van der Waals surface area contributed by atoms with Crippen LogP contribution in [0, 0.1) is 0 Å². The van der Waals surface area contributed by atoms with Gasteiger partial charge in [0.1, 0.15) is 5.75 Å². The highest BCUT2D eigenvalue weighted by Gasteiger charge is 2.27. The minimum absolute atomic E-state index is 0.0573. The number of benzene rings is 1. The summed E-state index contributed by atoms with van der Waals surface area (Å²) in [6.07, 6.45) is 4.99. The second-order valence-corrected chi connectivity index (χ2v) is 8.28. The summed E-state index contributed by atoms with van der Waals surface area (Å²) >= 11 is 0. The lowest BCUT2D eigenvalue weighted by atomic mass is 10.1. The second-order valence-electron chi connectivity index (χ2n) is 5.79. The fourth-order valence-corrected chi connectivity index (χ4v) is 5.61. The van der Waals surface area contributed by atoms with E-state index >= 15 is 0 Å². The number of nitrogens with zero attached hydrogens (tertiary/aromatic N) is 1. The quantitative estimate of drug-likeness (QED) is 0.680. The average Bonchev–Trinajstić information content (AvgIpc) is 2.65. The number of nitrogen functional groups attached to an aromatic ring is 1. The van der Waals surface area contributed by atoms with Crippen molar-refractivity contribution in [2.24, 2.45) is 0 Å². The van der Waals surface area contributed by atoms with Crippen LogP contribution in [0.2, 0.25) is 0 Å². The maximum Gasteiger partial charge on any atom is 0.142 e. The topological polar surface area (TPSA) is 47.7 Å². The van der Waals surface area contributed by atoms with E-state index in [2.05, 4.69) is 17.0 Å². The van der Waals surface area contributed by atoms with E-state index in [1.54, 1.807) is 7.11 Å². The Balaban J connectivity index is 0.000000924. The fraction of sp³-hybridized carbons (Fsp3) is 0.667. The average molecular weight is 338 g/mol. The van der Waals surface area contributed by atoms with Crippen molar-refractivity contribution < 1.29 is 9.47 Å². The molecule has 0 aromatic heterocycles. The molecule has 0 bridgehead atoms. The van der Waals surface area contributed by atoms with Gasteiger partial charge in [0, 0.05) is 32.3 Å². The minimum Gasteiger partial charge on any atom is -0.495 e. The molecule has 2 aliphatic heterocycles. The Kier molecular flexibility index (Phi) is 7.61. The highest BCUT2D eigenvalue weighted by atomic mass is 31.1. The minimum atomic E-state index is -0.0573. The van der Waals surface area contributed by atoms with Gasteiger partial charge in [-0.3, -0.25) is 4.90 Å². The van der Waals surface area contributed by atoms with Crippen LogP contribution in [-0.2, 0) is 4.74 Å². The van der Waals surface area contributed by atoms with Crippen molar-refractivity contribution in [3.63, 3.8) is 0 Å². The third-order valence-electron chi connectivity index (χ3n) is 4.60. The molecule has 2 N–H and O–H groups in total. The van der Waals surface area contributed by atoms with Crippen LogP contribution >= 0.6 is 7.92 Å². The van der Waals surface area contributed by atoms with E-state index in [1.165, 1.54) is 43.6 Å². The van der Waals surface area contributed by atoms with E-state index in [0.29, 0.717) is 0 Å². The lowest BCUT2D eigenvalue weighted by Crippen LogP contribution is -2.45. The number of anilines is 1. The standard InChI is InChI=1S/C16H25N2O2P.C2H6/c1-19-16-12-14(2-3-15(16)17)21-10-6-18(7-11-21)13-4-8-20-9-5-13;1-2/h2-3,12-13H,4-11,17H2,1H3;1-2H3. The molecular formula is C18H31N2O2P. The molecule has 130 valence electrons. The Morgan fingerprint density at radius 1 is 1.17 bits per heavy atom. The fourth-order valence-electron chi connectivity index (χ4n) is 3.29. The van der Waals surface area contributed by atoms with Gasteiger partial charge in [0.15, 0.2) is 0 Å². The number of nitrogens with two attached hydrogens (primary N) is 1. The van der Waals surface area contributed by atoms with E-state index in [4.69, 9.17) is 15.2 Å². The van der Waals surface area contributed by atoms with Gasteiger partial charge in [0.05, 0.1) is 12.8 Å². The normalized spacial score (nSPS) is 20.7. The van der Waals surface area contributed by atoms with Crippen molar-refractivity contribution in [2.75, 3.05) is 51.5 Å². The van der Waals surface area contributed by atoms with Crippen LogP contribution in [0.25, 0.3) is 0 Å². The molecule has 2 aliphatic rings. The molecule has 0 spiro atoms. The van der Waals surface area contributed by atoms with Gasteiger partial charge in [-0.2, -0.15) is 0 Å². The number of methoxy groups -OCH3 is 1. The maximum atomic E-state index is 5.91. The lowest BCUT2D eigenvalue weighted by molar-refractivity contribution is 0.0373. The predicted molar refractivity (Wildman–Crippen MR) is 100 cm³/mol. The molecule has 0 saturated carbocycles. The van der Waals surface area contributed by atoms with Crippen LogP contribution in [0.5, 0.6) is 5.75 Å². The van der Waals surface area contributed by atoms with Crippen LogP contribution in [-0.4, -0.2) is 56.7 Å². The van der Waals surface area contributed by atoms with E-state index in [0.717, 1.165) is 30.7 Å². The van der Waals surface area contributed by atoms with Gasteiger partial charge in [0.2, 0.25) is 0 Å². The molecule has 4 nitrogen and oxygen atoms in total. The van der Waals surface area contributed by atoms with Crippen molar-refractivity contribution >= 4 is 18.9 Å². The number of ether oxygens (including phenoxy) is 2. The zero-order chi connectivity index (χ0) is 16.7. The highest BCUT2D eigenvalue weighted by molar-refractivity contribution is 7.65. The smallest absolute Gasteiger partial charge is 0.142 e. The van der Waals surface area contributed by atoms with Crippen molar-refractivity contribution in [3.8, 4) is 5.75 Å². The molecule has 23 heavy (non-hydrogen) atoms. The second kappa shape index (κ2) is 9.46. The molecule has 0 aliphatic carbocycles. The lowest BCUT2D eigenvalue weighted by Gasteiger charge is -2.39. The van der Waals surface area contributed by atoms with Crippen LogP contribution in [0.1, 0.15) is 26.7 Å². The van der Waals surface area contributed by atoms with E-state index in [1.807, 2.05) is 19.9 Å². The Morgan fingerprint density at radius 3 is 2.43 bits per heavy atom. The van der Waals surface area contributed by atoms with E-state index in [9.17, 15) is 0 Å². The summed E-state index contributed by atoms with van der Waals surface area (Å²) in [7, 11) is 1.63. The van der Waals surface area contributed by atoms with Gasteiger partial charge in [-0.05, 0) is 42.6 Å². The first-order valence-corrected chi connectivity index (χ1v) is 10.5. The van der Waals surface area contributed by atoms with Crippen LogP contribution in [0.4, 0.5) is 5.69 Å². The SMILES string of the molecule is CC.COc1cc(P2CCN(C3CCOCC3)CC2)ccc1N. The van der Waals surface area contributed by atoms with Crippen LogP contribution in [0.3, 0.4) is 0 Å². The molecule has 1 aromatic rings. The maximum absolute atomic E-state index is 5.91. The summed E-state index contributed by atoms with van der Waals surface area (Å²) in [5.74, 6) is 0.821. The Hall–Kier alpha value is -0.830. The number of rotatable bonds is 3. The molecule has 5 heteroatoms. The molecule has 0 atom stereocenters. The third kappa shape index (κ3) is 4.82. The van der Waals surface area contributed by atoms with Crippen LogP contribution in [0.15, 0.2) is 18.2 Å². The van der Waals surface area contributed by atoms with Gasteiger partial charge >= 0.3 is 0 Å². The highest BCUT2D eigenvalue weighted by Crippen LogP contribution is 2.39. The Labute approximate surface area is 142 Å². The third-order valence-corrected chi connectivity index (χ3v) is 7.09. The molecular weight excluding hydrogens is 307 g/mol. The number of hydrogen-bond acceptors (Lipinski definition) is 4. The van der Waals surface area contributed by atoms with Gasteiger partial charge in [0.25, 0.3) is 0 Å². The first-order chi connectivity index (χ1) is 11.3. The molecule has 0 unspecified atom stereocenters. The van der Waals surface area contributed by atoms with Crippen molar-refractivity contribution in [1.82, 2.24) is 4.90 Å². The Bertz CT molecular complexity index is 470. The van der Waals surface area contributed by atoms with Crippen molar-refractivity contribution in [2.45, 2.75) is 32.7 Å². The summed E-state index contributed by atoms with van der Waals surface area (Å²) in [6, 6.07) is 7.07. The molecule has 0 radical (unpaired) electrons. The summed E-state index contributed by atoms with van der Waals surface area (Å²) in [4.78, 5) is 2.68. The summed E-state index contributed by atoms with van der Waals surface area (Å²) in [5.41, 5.74) is 6.64. The predicted octanol–water partition coefficient (Wildman–Crippen LogP) is 2.91. The van der Waals surface area contributed by atoms with Crippen molar-refractivity contribution in [3.05, 3.63) is 18.2 Å². The molecule has 2 saturated heterocycles. The van der Waals surface area contributed by atoms with Gasteiger partial charge in [-0.15, -0.1) is 0 Å². The van der Waals surface area contributed by atoms with E-state index in [-0.39, 0.29) is 7.92 Å². The zero-order valence-corrected chi connectivity index (χ0v) is 15.6. The van der Waals surface area contributed by atoms with Crippen molar-refractivity contribution in [1.29, 1.82) is 0 Å². The van der Waals surface area contributed by atoms with Gasteiger partial charge < -0.3 is 15.2 Å². The number of hydrogen-bond donors (Lipinski definition) is 1. The first-order valence-electron chi connectivity index (χ1n) is 8.78. The van der Waals surface area contributed by atoms with Gasteiger partial charge in [-0.25, -0.2) is 0 Å². The summed E-state index contributed by atoms with van der Waals surface area (Å²) < 4.78 is 10.8. The zero-order valence-electron chi connectivity index (χ0n) is 14.8. The summed E-state index contributed by atoms with van der Waals surface area (Å²) in [5, 5.41) is 1.43. The largest absolute Gasteiger partial charge is 0.495 e. The van der Waals surface area contributed by atoms with E-state index < -0.39 is 0 Å². The monoisotopic (exact) mass is 338 g/mol. The molecule has 2 heterocycles. The molecule has 0 amide bonds. The Morgan fingerprint density at radius 2 is 1.83 bits per heavy atom. The van der Waals surface area contributed by atoms with Crippen LogP contribution < -0.4 is 15.8 Å². The molecule has 2 fully saturated rings. The summed E-state index contributed by atoms with van der Waals surface area (Å²) in [6.45, 7) is 8.32. The molecule has 1 aromatic carbocycles. The molecule has 3 rings (SSSR count). The van der Waals surface area contributed by atoms with Gasteiger partial charge in [-0.1, -0.05) is 27.8 Å².